The Morgan fingerprint density at radius 3 is 2.51 bits per heavy atom. The second-order valence-corrected chi connectivity index (χ2v) is 10.8. The van der Waals surface area contributed by atoms with Crippen LogP contribution in [0.25, 0.3) is 28.3 Å². The minimum Gasteiger partial charge on any atom is -0.383 e. The SMILES string of the molecule is Nc1c(C2CC2)c([C@H]2C[C@H]3CC[C@@H](C2)N3C(=O)c2nnc[nH]2)nc2c(-c3ccc(-c4ncc[nH]4)nc3)cnn12. The third-order valence-electron chi connectivity index (χ3n) is 8.52. The molecule has 0 aromatic carbocycles. The fraction of sp³-hybridized carbons (Fsp3) is 0.370. The van der Waals surface area contributed by atoms with Crippen molar-refractivity contribution in [3.8, 4) is 22.6 Å². The van der Waals surface area contributed by atoms with Crippen LogP contribution in [0, 0.1) is 0 Å². The van der Waals surface area contributed by atoms with Crippen LogP contribution < -0.4 is 5.73 Å². The molecule has 2 aliphatic heterocycles. The molecule has 0 spiro atoms. The smallest absolute Gasteiger partial charge is 0.292 e. The molecule has 8 rings (SSSR count). The van der Waals surface area contributed by atoms with Gasteiger partial charge in [-0.2, -0.15) is 9.61 Å². The fourth-order valence-corrected chi connectivity index (χ4v) is 6.61. The standard InChI is InChI=1S/C27H27N11O/c28-23-21(14-1-2-14)22(16-9-17-4-5-18(10-16)37(17)27(39)25-32-13-33-36-25)35-26-19(12-34-38(23)26)15-3-6-20(31-11-15)24-29-7-8-30-24/h3,6-8,11-14,16-18H,1-2,4-5,9-10,28H2,(H,29,30)(H,32,33,36)/t16-,17+,18-. The summed E-state index contributed by atoms with van der Waals surface area (Å²) < 4.78 is 1.78. The number of carbonyl (C=O) groups is 1. The van der Waals surface area contributed by atoms with Crippen molar-refractivity contribution in [2.45, 2.75) is 62.4 Å². The van der Waals surface area contributed by atoms with E-state index in [1.165, 1.54) is 6.33 Å². The van der Waals surface area contributed by atoms with Crippen molar-refractivity contribution in [2.24, 2.45) is 0 Å². The van der Waals surface area contributed by atoms with Crippen LogP contribution in [0.15, 0.2) is 43.2 Å². The van der Waals surface area contributed by atoms with E-state index in [9.17, 15) is 4.79 Å². The van der Waals surface area contributed by atoms with Gasteiger partial charge in [0.05, 0.1) is 11.9 Å². The van der Waals surface area contributed by atoms with E-state index in [4.69, 9.17) is 10.7 Å². The summed E-state index contributed by atoms with van der Waals surface area (Å²) in [5.74, 6) is 2.30. The number of aromatic nitrogens is 9. The summed E-state index contributed by atoms with van der Waals surface area (Å²) in [6, 6.07) is 4.27. The first-order chi connectivity index (χ1) is 19.2. The molecule has 2 bridgehead atoms. The summed E-state index contributed by atoms with van der Waals surface area (Å²) >= 11 is 0. The molecule has 2 saturated heterocycles. The molecule has 3 aliphatic rings. The Hall–Kier alpha value is -4.61. The highest BCUT2D eigenvalue weighted by atomic mass is 16.2. The van der Waals surface area contributed by atoms with Crippen LogP contribution in [0.5, 0.6) is 0 Å². The molecule has 1 saturated carbocycles. The van der Waals surface area contributed by atoms with Crippen LogP contribution >= 0.6 is 0 Å². The summed E-state index contributed by atoms with van der Waals surface area (Å²) in [6.07, 6.45) is 14.5. The molecule has 3 fully saturated rings. The van der Waals surface area contributed by atoms with Crippen LogP contribution in [0.4, 0.5) is 5.82 Å². The van der Waals surface area contributed by atoms with Crippen LogP contribution in [0.3, 0.4) is 0 Å². The maximum absolute atomic E-state index is 13.2. The highest BCUT2D eigenvalue weighted by Crippen LogP contribution is 2.50. The number of imidazole rings is 1. The highest BCUT2D eigenvalue weighted by molar-refractivity contribution is 5.91. The molecule has 4 N–H and O–H groups in total. The summed E-state index contributed by atoms with van der Waals surface area (Å²) in [6.45, 7) is 0. The quantitative estimate of drug-likeness (QED) is 0.318. The fourth-order valence-electron chi connectivity index (χ4n) is 6.61. The summed E-state index contributed by atoms with van der Waals surface area (Å²) in [4.78, 5) is 35.3. The molecule has 12 heteroatoms. The number of nitrogens with zero attached hydrogens (tertiary/aromatic N) is 8. The number of aromatic amines is 2. The Morgan fingerprint density at radius 1 is 1.00 bits per heavy atom. The van der Waals surface area contributed by atoms with E-state index in [2.05, 4.69) is 35.2 Å². The van der Waals surface area contributed by atoms with Crippen LogP contribution in [-0.2, 0) is 0 Å². The Labute approximate surface area is 223 Å². The maximum atomic E-state index is 13.2. The van der Waals surface area contributed by atoms with Crippen molar-refractivity contribution >= 4 is 17.4 Å². The van der Waals surface area contributed by atoms with Crippen molar-refractivity contribution in [2.75, 3.05) is 5.73 Å². The van der Waals surface area contributed by atoms with Gasteiger partial charge in [-0.1, -0.05) is 6.07 Å². The van der Waals surface area contributed by atoms with Crippen LogP contribution in [0.2, 0.25) is 0 Å². The Morgan fingerprint density at radius 2 is 1.85 bits per heavy atom. The third kappa shape index (κ3) is 3.54. The van der Waals surface area contributed by atoms with E-state index >= 15 is 0 Å². The summed E-state index contributed by atoms with van der Waals surface area (Å²) in [7, 11) is 0. The van der Waals surface area contributed by atoms with E-state index in [-0.39, 0.29) is 23.9 Å². The number of pyridine rings is 1. The molecule has 196 valence electrons. The number of rotatable bonds is 5. The number of H-pyrrole nitrogens is 2. The van der Waals surface area contributed by atoms with Crippen LogP contribution in [0.1, 0.15) is 72.2 Å². The monoisotopic (exact) mass is 521 g/mol. The minimum absolute atomic E-state index is 0.0626. The van der Waals surface area contributed by atoms with E-state index in [0.29, 0.717) is 17.6 Å². The average molecular weight is 522 g/mol. The Kier molecular flexibility index (Phi) is 4.85. The zero-order chi connectivity index (χ0) is 26.1. The predicted molar refractivity (Wildman–Crippen MR) is 142 cm³/mol. The lowest BCUT2D eigenvalue weighted by Crippen LogP contribution is -2.46. The number of fused-ring (bicyclic) bond motifs is 3. The zero-order valence-electron chi connectivity index (χ0n) is 21.2. The highest BCUT2D eigenvalue weighted by Gasteiger charge is 2.46. The van der Waals surface area contributed by atoms with Gasteiger partial charge in [0.2, 0.25) is 5.82 Å². The van der Waals surface area contributed by atoms with Gasteiger partial charge < -0.3 is 20.6 Å². The van der Waals surface area contributed by atoms with Crippen molar-refractivity contribution in [1.82, 2.24) is 49.6 Å². The molecule has 12 nitrogen and oxygen atoms in total. The summed E-state index contributed by atoms with van der Waals surface area (Å²) in [5.41, 5.74) is 12.4. The van der Waals surface area contributed by atoms with Gasteiger partial charge in [-0.15, -0.1) is 10.2 Å². The van der Waals surface area contributed by atoms with Crippen molar-refractivity contribution in [3.05, 3.63) is 60.3 Å². The molecule has 1 aliphatic carbocycles. The van der Waals surface area contributed by atoms with Gasteiger partial charge in [-0.05, 0) is 50.5 Å². The number of nitrogens with one attached hydrogen (secondary N) is 2. The number of nitrogens with two attached hydrogens (primary N) is 1. The molecular formula is C27H27N11O. The second-order valence-electron chi connectivity index (χ2n) is 10.8. The Balaban J connectivity index is 1.17. The normalized spacial score (nSPS) is 22.6. The molecule has 1 amide bonds. The molecule has 3 atom stereocenters. The van der Waals surface area contributed by atoms with Crippen LogP contribution in [-0.4, -0.2) is 67.6 Å². The zero-order valence-corrected chi connectivity index (χ0v) is 21.2. The lowest BCUT2D eigenvalue weighted by Gasteiger charge is -2.39. The number of nitrogen functional groups attached to an aromatic ring is 1. The van der Waals surface area contributed by atoms with E-state index in [1.807, 2.05) is 29.4 Å². The number of carbonyl (C=O) groups excluding carboxylic acids is 1. The average Bonchev–Trinajstić information content (AvgIpc) is 3.37. The van der Waals surface area contributed by atoms with Gasteiger partial charge in [0, 0.05) is 53.3 Å². The number of anilines is 1. The molecule has 5 aromatic rings. The molecule has 0 radical (unpaired) electrons. The first-order valence-electron chi connectivity index (χ1n) is 13.5. The maximum Gasteiger partial charge on any atom is 0.292 e. The molecule has 0 unspecified atom stereocenters. The van der Waals surface area contributed by atoms with Gasteiger partial charge in [-0.25, -0.2) is 9.97 Å². The number of hydrogen-bond acceptors (Lipinski definition) is 8. The predicted octanol–water partition coefficient (Wildman–Crippen LogP) is 3.31. The topological polar surface area (TPSA) is 160 Å². The van der Waals surface area contributed by atoms with Gasteiger partial charge >= 0.3 is 0 Å². The lowest BCUT2D eigenvalue weighted by molar-refractivity contribution is 0.0557. The first-order valence-corrected chi connectivity index (χ1v) is 13.5. The van der Waals surface area contributed by atoms with Crippen molar-refractivity contribution in [3.63, 3.8) is 0 Å². The van der Waals surface area contributed by atoms with Gasteiger partial charge in [-0.3, -0.25) is 9.78 Å². The second kappa shape index (κ2) is 8.45. The van der Waals surface area contributed by atoms with E-state index in [0.717, 1.165) is 78.1 Å². The van der Waals surface area contributed by atoms with Gasteiger partial charge in [0.15, 0.2) is 11.5 Å². The number of amides is 1. The molecular weight excluding hydrogens is 494 g/mol. The summed E-state index contributed by atoms with van der Waals surface area (Å²) in [5, 5.41) is 12.4. The Bertz CT molecular complexity index is 1660. The first kappa shape index (κ1) is 22.4. The van der Waals surface area contributed by atoms with Gasteiger partial charge in [0.25, 0.3) is 5.91 Å². The van der Waals surface area contributed by atoms with Crippen molar-refractivity contribution in [1.29, 1.82) is 0 Å². The molecule has 5 aromatic heterocycles. The third-order valence-corrected chi connectivity index (χ3v) is 8.52. The van der Waals surface area contributed by atoms with Gasteiger partial charge in [0.1, 0.15) is 17.8 Å². The minimum atomic E-state index is -0.0626. The molecule has 39 heavy (non-hydrogen) atoms. The lowest BCUT2D eigenvalue weighted by atomic mass is 9.85. The number of piperidine rings is 1. The van der Waals surface area contributed by atoms with E-state index in [1.54, 1.807) is 16.9 Å². The largest absolute Gasteiger partial charge is 0.383 e. The van der Waals surface area contributed by atoms with E-state index < -0.39 is 0 Å². The number of hydrogen-bond donors (Lipinski definition) is 3. The van der Waals surface area contributed by atoms with Crippen molar-refractivity contribution < 1.29 is 4.79 Å². The molecule has 7 heterocycles.